The van der Waals surface area contributed by atoms with Crippen LogP contribution in [-0.4, -0.2) is 44.3 Å². The highest BCUT2D eigenvalue weighted by molar-refractivity contribution is 5.86. The molecule has 0 unspecified atom stereocenters. The normalized spacial score (nSPS) is 11.6. The minimum Gasteiger partial charge on any atom is -0.504 e. The second-order valence-corrected chi connectivity index (χ2v) is 4.34. The average molecular weight is 297 g/mol. The number of phenolic OH excluding ortho intramolecular Hbond substituents is 2. The Bertz CT molecular complexity index is 555. The van der Waals surface area contributed by atoms with Crippen molar-refractivity contribution >= 4 is 17.8 Å². The number of carboxylic acid groups (broad SMARTS) is 2. The Balaban J connectivity index is 2.59. The van der Waals surface area contributed by atoms with E-state index >= 15 is 0 Å². The number of para-hydroxylation sites is 1. The molecule has 0 saturated carbocycles. The lowest BCUT2D eigenvalue weighted by Crippen LogP contribution is -2.42. The van der Waals surface area contributed by atoms with Gasteiger partial charge in [-0.1, -0.05) is 12.1 Å². The number of hydrogen-bond donors (Lipinski definition) is 5. The largest absolute Gasteiger partial charge is 0.504 e. The first-order chi connectivity index (χ1) is 9.81. The SMILES string of the molecule is O=C(O)C[C@H](NC(=O)CCc1cccc(O)c1O)C(=O)O. The van der Waals surface area contributed by atoms with E-state index in [1.807, 2.05) is 0 Å². The standard InChI is InChI=1S/C13H15NO7/c15-9-3-1-2-7(12(9)19)4-5-10(16)14-8(13(20)21)6-11(17)18/h1-3,8,15,19H,4-6H2,(H,14,16)(H,17,18)(H,20,21)/t8-/m0/s1. The molecule has 0 fully saturated rings. The Labute approximate surface area is 119 Å². The van der Waals surface area contributed by atoms with E-state index in [1.165, 1.54) is 18.2 Å². The van der Waals surface area contributed by atoms with E-state index in [0.29, 0.717) is 5.56 Å². The summed E-state index contributed by atoms with van der Waals surface area (Å²) in [4.78, 5) is 32.9. The number of carbonyl (C=O) groups is 3. The minimum atomic E-state index is -1.51. The Kier molecular flexibility index (Phi) is 5.53. The molecule has 21 heavy (non-hydrogen) atoms. The van der Waals surface area contributed by atoms with Crippen molar-refractivity contribution in [1.82, 2.24) is 5.32 Å². The third-order valence-electron chi connectivity index (χ3n) is 2.73. The predicted octanol–water partition coefficient (Wildman–Crippen LogP) is 0.0745. The van der Waals surface area contributed by atoms with Gasteiger partial charge in [0.1, 0.15) is 6.04 Å². The van der Waals surface area contributed by atoms with Crippen molar-refractivity contribution in [2.75, 3.05) is 0 Å². The van der Waals surface area contributed by atoms with E-state index in [9.17, 15) is 24.6 Å². The zero-order valence-electron chi connectivity index (χ0n) is 10.9. The highest BCUT2D eigenvalue weighted by Gasteiger charge is 2.22. The fourth-order valence-electron chi connectivity index (χ4n) is 1.67. The number of phenols is 2. The lowest BCUT2D eigenvalue weighted by Gasteiger charge is -2.12. The molecule has 0 bridgehead atoms. The van der Waals surface area contributed by atoms with Crippen LogP contribution in [0.2, 0.25) is 0 Å². The van der Waals surface area contributed by atoms with Crippen molar-refractivity contribution in [3.8, 4) is 11.5 Å². The number of hydrogen-bond acceptors (Lipinski definition) is 5. The van der Waals surface area contributed by atoms with Gasteiger partial charge < -0.3 is 25.7 Å². The summed E-state index contributed by atoms with van der Waals surface area (Å²) in [6, 6.07) is 2.78. The van der Waals surface area contributed by atoms with Crippen LogP contribution in [0.5, 0.6) is 11.5 Å². The molecule has 5 N–H and O–H groups in total. The number of nitrogens with one attached hydrogen (secondary N) is 1. The van der Waals surface area contributed by atoms with Crippen molar-refractivity contribution in [1.29, 1.82) is 0 Å². The van der Waals surface area contributed by atoms with Gasteiger partial charge in [-0.2, -0.15) is 0 Å². The number of aliphatic carboxylic acids is 2. The molecule has 0 saturated heterocycles. The van der Waals surface area contributed by atoms with Gasteiger partial charge in [0.2, 0.25) is 5.91 Å². The highest BCUT2D eigenvalue weighted by Crippen LogP contribution is 2.28. The average Bonchev–Trinajstić information content (AvgIpc) is 2.39. The van der Waals surface area contributed by atoms with Crippen LogP contribution in [0.15, 0.2) is 18.2 Å². The van der Waals surface area contributed by atoms with E-state index in [0.717, 1.165) is 0 Å². The summed E-state index contributed by atoms with van der Waals surface area (Å²) in [6.45, 7) is 0. The van der Waals surface area contributed by atoms with Gasteiger partial charge in [-0.15, -0.1) is 0 Å². The van der Waals surface area contributed by atoms with Crippen molar-refractivity contribution < 1.29 is 34.8 Å². The molecule has 1 aromatic carbocycles. The summed E-state index contributed by atoms with van der Waals surface area (Å²) in [5.41, 5.74) is 0.329. The summed E-state index contributed by atoms with van der Waals surface area (Å²) in [7, 11) is 0. The van der Waals surface area contributed by atoms with Crippen LogP contribution < -0.4 is 5.32 Å². The van der Waals surface area contributed by atoms with E-state index in [4.69, 9.17) is 10.2 Å². The molecule has 8 nitrogen and oxygen atoms in total. The van der Waals surface area contributed by atoms with E-state index < -0.39 is 30.3 Å². The fraction of sp³-hybridized carbons (Fsp3) is 0.308. The zero-order chi connectivity index (χ0) is 16.0. The molecule has 0 aliphatic rings. The first-order valence-electron chi connectivity index (χ1n) is 6.05. The minimum absolute atomic E-state index is 0.0749. The van der Waals surface area contributed by atoms with Crippen LogP contribution in [0.25, 0.3) is 0 Å². The summed E-state index contributed by atoms with van der Waals surface area (Å²) >= 11 is 0. The van der Waals surface area contributed by atoms with Crippen LogP contribution >= 0.6 is 0 Å². The Hall–Kier alpha value is -2.77. The molecule has 1 amide bonds. The molecule has 1 atom stereocenters. The van der Waals surface area contributed by atoms with Crippen molar-refractivity contribution in [3.63, 3.8) is 0 Å². The first-order valence-corrected chi connectivity index (χ1v) is 6.05. The van der Waals surface area contributed by atoms with Gasteiger partial charge in [-0.25, -0.2) is 4.79 Å². The van der Waals surface area contributed by atoms with Crippen LogP contribution in [0.1, 0.15) is 18.4 Å². The van der Waals surface area contributed by atoms with Crippen molar-refractivity contribution in [2.24, 2.45) is 0 Å². The maximum Gasteiger partial charge on any atom is 0.326 e. The third-order valence-corrected chi connectivity index (χ3v) is 2.73. The van der Waals surface area contributed by atoms with Gasteiger partial charge in [0.05, 0.1) is 6.42 Å². The second kappa shape index (κ2) is 7.13. The van der Waals surface area contributed by atoms with Gasteiger partial charge in [0, 0.05) is 6.42 Å². The maximum atomic E-state index is 11.6. The van der Waals surface area contributed by atoms with Gasteiger partial charge in [0.15, 0.2) is 11.5 Å². The number of carbonyl (C=O) groups excluding carboxylic acids is 1. The fourth-order valence-corrected chi connectivity index (χ4v) is 1.67. The lowest BCUT2D eigenvalue weighted by atomic mass is 10.1. The number of aryl methyl sites for hydroxylation is 1. The summed E-state index contributed by atoms with van der Waals surface area (Å²) in [5.74, 6) is -4.10. The molecule has 114 valence electrons. The summed E-state index contributed by atoms with van der Waals surface area (Å²) in [6.07, 6.45) is -0.801. The van der Waals surface area contributed by atoms with Gasteiger partial charge >= 0.3 is 11.9 Å². The number of aromatic hydroxyl groups is 2. The van der Waals surface area contributed by atoms with Crippen LogP contribution in [0.3, 0.4) is 0 Å². The zero-order valence-corrected chi connectivity index (χ0v) is 10.9. The molecule has 0 radical (unpaired) electrons. The molecule has 1 rings (SSSR count). The quantitative estimate of drug-likeness (QED) is 0.448. The first kappa shape index (κ1) is 16.3. The second-order valence-electron chi connectivity index (χ2n) is 4.34. The molecule has 0 aliphatic heterocycles. The lowest BCUT2D eigenvalue weighted by molar-refractivity contribution is -0.147. The van der Waals surface area contributed by atoms with Gasteiger partial charge in [-0.3, -0.25) is 9.59 Å². The third kappa shape index (κ3) is 5.01. The van der Waals surface area contributed by atoms with Crippen LogP contribution in [-0.2, 0) is 20.8 Å². The van der Waals surface area contributed by atoms with Crippen molar-refractivity contribution in [3.05, 3.63) is 23.8 Å². The van der Waals surface area contributed by atoms with Crippen LogP contribution in [0, 0.1) is 0 Å². The predicted molar refractivity (Wildman–Crippen MR) is 69.9 cm³/mol. The topological polar surface area (TPSA) is 144 Å². The molecule has 8 heteroatoms. The molecule has 0 aromatic heterocycles. The molecule has 1 aromatic rings. The number of carboxylic acids is 2. The van der Waals surface area contributed by atoms with E-state index in [1.54, 1.807) is 0 Å². The number of rotatable bonds is 7. The Morgan fingerprint density at radius 3 is 2.38 bits per heavy atom. The van der Waals surface area contributed by atoms with Gasteiger partial charge in [-0.05, 0) is 18.1 Å². The molecule has 0 aliphatic carbocycles. The Morgan fingerprint density at radius 2 is 1.81 bits per heavy atom. The Morgan fingerprint density at radius 1 is 1.14 bits per heavy atom. The maximum absolute atomic E-state index is 11.6. The number of amides is 1. The summed E-state index contributed by atoms with van der Waals surface area (Å²) < 4.78 is 0. The monoisotopic (exact) mass is 297 g/mol. The van der Waals surface area contributed by atoms with E-state index in [2.05, 4.69) is 5.32 Å². The van der Waals surface area contributed by atoms with E-state index in [-0.39, 0.29) is 24.3 Å². The molecular formula is C13H15NO7. The molecular weight excluding hydrogens is 282 g/mol. The highest BCUT2D eigenvalue weighted by atomic mass is 16.4. The molecule has 0 heterocycles. The van der Waals surface area contributed by atoms with Gasteiger partial charge in [0.25, 0.3) is 0 Å². The molecule has 0 spiro atoms. The summed E-state index contributed by atoms with van der Waals surface area (Å²) in [5, 5.41) is 38.3. The van der Waals surface area contributed by atoms with Crippen LogP contribution in [0.4, 0.5) is 0 Å². The number of benzene rings is 1. The van der Waals surface area contributed by atoms with Crippen molar-refractivity contribution in [2.45, 2.75) is 25.3 Å². The smallest absolute Gasteiger partial charge is 0.326 e.